The summed E-state index contributed by atoms with van der Waals surface area (Å²) < 4.78 is 14.2. The maximum atomic E-state index is 10.0. The molecule has 0 saturated carbocycles. The number of nitrogens with zero attached hydrogens (tertiary/aromatic N) is 3. The summed E-state index contributed by atoms with van der Waals surface area (Å²) in [6, 6.07) is 13.4. The number of hydrogen-bond donors (Lipinski definition) is 1. The summed E-state index contributed by atoms with van der Waals surface area (Å²) in [6.45, 7) is 8.40. The average Bonchev–Trinajstić information content (AvgIpc) is 3.21. The van der Waals surface area contributed by atoms with Crippen LogP contribution in [0.1, 0.15) is 43.1 Å². The number of fused-ring (bicyclic) bond motifs is 1. The Morgan fingerprint density at radius 3 is 2.64 bits per heavy atom. The molecule has 0 aliphatic carbocycles. The maximum Gasteiger partial charge on any atom is 0.150 e. The van der Waals surface area contributed by atoms with Crippen LogP contribution >= 0.6 is 0 Å². The zero-order chi connectivity index (χ0) is 22.9. The third-order valence-corrected chi connectivity index (χ3v) is 6.76. The van der Waals surface area contributed by atoms with Crippen molar-refractivity contribution in [3.63, 3.8) is 0 Å². The third kappa shape index (κ3) is 4.35. The van der Waals surface area contributed by atoms with Crippen LogP contribution in [-0.4, -0.2) is 46.0 Å². The second kappa shape index (κ2) is 8.94. The molecule has 1 N–H and O–H groups in total. The maximum absolute atomic E-state index is 10.0. The van der Waals surface area contributed by atoms with Crippen molar-refractivity contribution < 1.29 is 14.6 Å². The monoisotopic (exact) mass is 445 g/mol. The summed E-state index contributed by atoms with van der Waals surface area (Å²) in [4.78, 5) is 2.45. The summed E-state index contributed by atoms with van der Waals surface area (Å²) in [6.07, 6.45) is 4.86. The largest absolute Gasteiger partial charge is 0.508 e. The Balaban J connectivity index is 1.36. The second-order valence-corrected chi connectivity index (χ2v) is 9.07. The first kappa shape index (κ1) is 21.6. The summed E-state index contributed by atoms with van der Waals surface area (Å²) in [5.74, 6) is 2.73. The summed E-state index contributed by atoms with van der Waals surface area (Å²) >= 11 is 0. The van der Waals surface area contributed by atoms with Gasteiger partial charge in [-0.2, -0.15) is 5.10 Å². The minimum atomic E-state index is -0.271. The first-order valence-corrected chi connectivity index (χ1v) is 11.7. The molecule has 3 heterocycles. The van der Waals surface area contributed by atoms with E-state index in [4.69, 9.17) is 9.47 Å². The lowest BCUT2D eigenvalue weighted by Crippen LogP contribution is -2.47. The number of aryl methyl sites for hydroxylation is 1. The lowest BCUT2D eigenvalue weighted by molar-refractivity contribution is 0.0806. The topological polar surface area (TPSA) is 59.8 Å². The van der Waals surface area contributed by atoms with Crippen molar-refractivity contribution in [2.45, 2.75) is 26.4 Å². The van der Waals surface area contributed by atoms with E-state index in [1.54, 1.807) is 16.8 Å². The molecule has 0 bridgehead atoms. The number of allylic oxidation sites excluding steroid dienone is 1. The normalized spacial score (nSPS) is 18.6. The van der Waals surface area contributed by atoms with E-state index in [2.05, 4.69) is 36.0 Å². The molecule has 2 aliphatic heterocycles. The van der Waals surface area contributed by atoms with Gasteiger partial charge in [0.05, 0.1) is 6.20 Å². The fraction of sp³-hybridized carbons (Fsp3) is 0.370. The van der Waals surface area contributed by atoms with Crippen LogP contribution in [-0.2, 0) is 7.05 Å². The molecule has 5 rings (SSSR count). The number of phenols is 1. The molecule has 33 heavy (non-hydrogen) atoms. The Labute approximate surface area is 195 Å². The standard InChI is InChI=1S/C27H31N3O3/c1-4-19-15-30(16-19)11-12-32-23-8-5-20(6-9-23)27-26(21-14-28-29(3)17-21)18(2)24-13-22(31)7-10-25(24)33-27/h5-10,13-14,17,19,27,31H,4,11-12,15-16H2,1-3H3. The van der Waals surface area contributed by atoms with Gasteiger partial charge < -0.3 is 14.6 Å². The Morgan fingerprint density at radius 1 is 1.15 bits per heavy atom. The van der Waals surface area contributed by atoms with Gasteiger partial charge in [-0.05, 0) is 54.3 Å². The lowest BCUT2D eigenvalue weighted by atomic mass is 9.87. The zero-order valence-corrected chi connectivity index (χ0v) is 19.5. The molecule has 0 radical (unpaired) electrons. The molecule has 6 heteroatoms. The van der Waals surface area contributed by atoms with E-state index in [0.717, 1.165) is 51.8 Å². The van der Waals surface area contributed by atoms with Crippen molar-refractivity contribution in [3.8, 4) is 17.2 Å². The van der Waals surface area contributed by atoms with Gasteiger partial charge in [0.25, 0.3) is 0 Å². The van der Waals surface area contributed by atoms with Crippen LogP contribution in [0.15, 0.2) is 54.9 Å². The zero-order valence-electron chi connectivity index (χ0n) is 19.5. The van der Waals surface area contributed by atoms with Crippen LogP contribution in [0.2, 0.25) is 0 Å². The Bertz CT molecular complexity index is 1160. The van der Waals surface area contributed by atoms with Crippen LogP contribution in [0.3, 0.4) is 0 Å². The molecule has 0 spiro atoms. The van der Waals surface area contributed by atoms with Crippen LogP contribution in [0.25, 0.3) is 11.1 Å². The quantitative estimate of drug-likeness (QED) is 0.560. The molecule has 1 fully saturated rings. The number of benzene rings is 2. The minimum Gasteiger partial charge on any atom is -0.508 e. The molecule has 2 aliphatic rings. The minimum absolute atomic E-state index is 0.227. The predicted molar refractivity (Wildman–Crippen MR) is 129 cm³/mol. The van der Waals surface area contributed by atoms with Gasteiger partial charge in [0.1, 0.15) is 30.0 Å². The Kier molecular flexibility index (Phi) is 5.85. The fourth-order valence-corrected chi connectivity index (χ4v) is 4.75. The molecule has 2 aromatic carbocycles. The van der Waals surface area contributed by atoms with E-state index in [-0.39, 0.29) is 11.9 Å². The van der Waals surface area contributed by atoms with Crippen molar-refractivity contribution in [2.24, 2.45) is 13.0 Å². The number of aromatic hydroxyl groups is 1. The summed E-state index contributed by atoms with van der Waals surface area (Å²) in [5, 5.41) is 14.4. The Morgan fingerprint density at radius 2 is 1.94 bits per heavy atom. The van der Waals surface area contributed by atoms with Gasteiger partial charge in [-0.1, -0.05) is 25.5 Å². The number of rotatable bonds is 7. The van der Waals surface area contributed by atoms with E-state index in [1.807, 2.05) is 37.6 Å². The third-order valence-electron chi connectivity index (χ3n) is 6.76. The predicted octanol–water partition coefficient (Wildman–Crippen LogP) is 4.91. The molecule has 1 saturated heterocycles. The summed E-state index contributed by atoms with van der Waals surface area (Å²) in [7, 11) is 1.91. The lowest BCUT2D eigenvalue weighted by Gasteiger charge is -2.38. The van der Waals surface area contributed by atoms with Crippen molar-refractivity contribution in [3.05, 3.63) is 71.5 Å². The molecule has 6 nitrogen and oxygen atoms in total. The molecule has 3 aromatic rings. The fourth-order valence-electron chi connectivity index (χ4n) is 4.75. The number of phenolic OH excluding ortho intramolecular Hbond substituents is 1. The van der Waals surface area contributed by atoms with E-state index in [1.165, 1.54) is 19.5 Å². The van der Waals surface area contributed by atoms with Crippen molar-refractivity contribution >= 4 is 11.1 Å². The van der Waals surface area contributed by atoms with Crippen LogP contribution in [0.4, 0.5) is 0 Å². The van der Waals surface area contributed by atoms with Gasteiger partial charge in [-0.15, -0.1) is 0 Å². The van der Waals surface area contributed by atoms with Crippen molar-refractivity contribution in [1.29, 1.82) is 0 Å². The van der Waals surface area contributed by atoms with Crippen LogP contribution < -0.4 is 9.47 Å². The first-order chi connectivity index (χ1) is 16.0. The van der Waals surface area contributed by atoms with Gasteiger partial charge in [0, 0.05) is 49.6 Å². The van der Waals surface area contributed by atoms with Gasteiger partial charge in [-0.25, -0.2) is 0 Å². The van der Waals surface area contributed by atoms with E-state index in [0.29, 0.717) is 6.61 Å². The van der Waals surface area contributed by atoms with E-state index in [9.17, 15) is 5.11 Å². The van der Waals surface area contributed by atoms with Gasteiger partial charge in [0.15, 0.2) is 0 Å². The SMILES string of the molecule is CCC1CN(CCOc2ccc(C3Oc4ccc(O)cc4C(C)=C3c3cnn(C)c3)cc2)C1. The molecule has 1 unspecified atom stereocenters. The molecular formula is C27H31N3O3. The van der Waals surface area contributed by atoms with Crippen LogP contribution in [0, 0.1) is 5.92 Å². The molecule has 172 valence electrons. The van der Waals surface area contributed by atoms with Gasteiger partial charge >= 0.3 is 0 Å². The molecular weight excluding hydrogens is 414 g/mol. The first-order valence-electron chi connectivity index (χ1n) is 11.7. The number of hydrogen-bond acceptors (Lipinski definition) is 5. The number of likely N-dealkylation sites (tertiary alicyclic amines) is 1. The van der Waals surface area contributed by atoms with Crippen LogP contribution in [0.5, 0.6) is 17.2 Å². The van der Waals surface area contributed by atoms with Crippen molar-refractivity contribution in [1.82, 2.24) is 14.7 Å². The highest BCUT2D eigenvalue weighted by molar-refractivity contribution is 5.95. The van der Waals surface area contributed by atoms with Gasteiger partial charge in [0.2, 0.25) is 0 Å². The van der Waals surface area contributed by atoms with Crippen molar-refractivity contribution in [2.75, 3.05) is 26.2 Å². The molecule has 1 aromatic heterocycles. The smallest absolute Gasteiger partial charge is 0.150 e. The number of ether oxygens (including phenoxy) is 2. The van der Waals surface area contributed by atoms with Gasteiger partial charge in [-0.3, -0.25) is 9.58 Å². The Hall–Kier alpha value is -3.25. The van der Waals surface area contributed by atoms with E-state index < -0.39 is 0 Å². The van der Waals surface area contributed by atoms with E-state index >= 15 is 0 Å². The second-order valence-electron chi connectivity index (χ2n) is 9.07. The number of aromatic nitrogens is 2. The highest BCUT2D eigenvalue weighted by Crippen LogP contribution is 2.47. The molecule has 1 atom stereocenters. The average molecular weight is 446 g/mol. The summed E-state index contributed by atoms with van der Waals surface area (Å²) in [5.41, 5.74) is 5.09. The highest BCUT2D eigenvalue weighted by Gasteiger charge is 2.30. The highest BCUT2D eigenvalue weighted by atomic mass is 16.5. The molecule has 0 amide bonds.